The highest BCUT2D eigenvalue weighted by Crippen LogP contribution is 2.41. The summed E-state index contributed by atoms with van der Waals surface area (Å²) in [7, 11) is 0. The van der Waals surface area contributed by atoms with Crippen molar-refractivity contribution in [1.29, 1.82) is 0 Å². The molecular weight excluding hydrogens is 444 g/mol. The summed E-state index contributed by atoms with van der Waals surface area (Å²) in [5.74, 6) is -0.987. The molecule has 2 aromatic carbocycles. The van der Waals surface area contributed by atoms with Gasteiger partial charge in [0.2, 0.25) is 0 Å². The van der Waals surface area contributed by atoms with Gasteiger partial charge in [-0.2, -0.15) is 13.2 Å². The summed E-state index contributed by atoms with van der Waals surface area (Å²) in [5.41, 5.74) is 0.440. The molecule has 0 unspecified atom stereocenters. The fourth-order valence-corrected chi connectivity index (χ4v) is 4.20. The quantitative estimate of drug-likeness (QED) is 0.363. The Balaban J connectivity index is 1.77. The number of hydrogen-bond donors (Lipinski definition) is 1. The molecule has 1 fully saturated rings. The molecule has 4 rings (SSSR count). The van der Waals surface area contributed by atoms with Crippen LogP contribution >= 0.6 is 11.8 Å². The topological polar surface area (TPSA) is 43.3 Å². The van der Waals surface area contributed by atoms with Gasteiger partial charge in [-0.05, 0) is 43.0 Å². The van der Waals surface area contributed by atoms with Crippen LogP contribution in [0.25, 0.3) is 11.3 Å². The molecule has 32 heavy (non-hydrogen) atoms. The molecule has 4 nitrogen and oxygen atoms in total. The van der Waals surface area contributed by atoms with Gasteiger partial charge in [-0.3, -0.25) is 4.79 Å². The first-order chi connectivity index (χ1) is 15.2. The number of amides is 1. The maximum atomic E-state index is 14.1. The lowest BCUT2D eigenvalue weighted by atomic mass is 9.99. The molecule has 1 N–H and O–H groups in total. The van der Waals surface area contributed by atoms with Crippen molar-refractivity contribution in [3.63, 3.8) is 0 Å². The summed E-state index contributed by atoms with van der Waals surface area (Å²) in [6.07, 6.45) is -1.26. The van der Waals surface area contributed by atoms with Crippen molar-refractivity contribution in [2.45, 2.75) is 24.0 Å². The molecule has 1 aromatic heterocycles. The van der Waals surface area contributed by atoms with E-state index in [9.17, 15) is 22.4 Å². The fraction of sp³-hybridized carbons (Fsp3) is 0.261. The SMILES string of the molecule is CSc1ccc(NC(=O)c2cn(C3COC3)c(-c3ccccc3C(F)(F)F)c2C)cc1F. The molecule has 0 radical (unpaired) electrons. The van der Waals surface area contributed by atoms with Gasteiger partial charge in [-0.15, -0.1) is 11.8 Å². The highest BCUT2D eigenvalue weighted by molar-refractivity contribution is 7.98. The standard InChI is InChI=1S/C23H20F4N2O2S/c1-13-17(22(30)28-14-7-8-20(32-2)19(24)9-14)10-29(15-11-31-12-15)21(13)16-5-3-4-6-18(16)23(25,26)27/h3-10,15H,11-12H2,1-2H3,(H,28,30). The minimum absolute atomic E-state index is 0.00109. The smallest absolute Gasteiger partial charge is 0.377 e. The summed E-state index contributed by atoms with van der Waals surface area (Å²) < 4.78 is 62.1. The van der Waals surface area contributed by atoms with Crippen LogP contribution in [0.1, 0.15) is 27.5 Å². The highest BCUT2D eigenvalue weighted by atomic mass is 32.2. The maximum Gasteiger partial charge on any atom is 0.417 e. The molecule has 1 aliphatic rings. The maximum absolute atomic E-state index is 14.1. The fourth-order valence-electron chi connectivity index (χ4n) is 3.74. The van der Waals surface area contributed by atoms with Crippen LogP contribution in [0.15, 0.2) is 53.6 Å². The number of nitrogens with zero attached hydrogens (tertiary/aromatic N) is 1. The second kappa shape index (κ2) is 8.63. The minimum Gasteiger partial charge on any atom is -0.377 e. The van der Waals surface area contributed by atoms with E-state index in [0.717, 1.165) is 6.07 Å². The molecule has 1 aliphatic heterocycles. The molecule has 0 bridgehead atoms. The Morgan fingerprint density at radius 1 is 1.19 bits per heavy atom. The number of anilines is 1. The Labute approximate surface area is 186 Å². The molecule has 9 heteroatoms. The molecule has 1 amide bonds. The monoisotopic (exact) mass is 464 g/mol. The summed E-state index contributed by atoms with van der Waals surface area (Å²) in [6, 6.07) is 9.48. The number of hydrogen-bond acceptors (Lipinski definition) is 3. The number of thioether (sulfide) groups is 1. The van der Waals surface area contributed by atoms with Crippen LogP contribution in [-0.4, -0.2) is 29.9 Å². The number of carbonyl (C=O) groups is 1. The summed E-state index contributed by atoms with van der Waals surface area (Å²) in [6.45, 7) is 2.31. The van der Waals surface area contributed by atoms with Crippen LogP contribution in [0.4, 0.5) is 23.2 Å². The Morgan fingerprint density at radius 2 is 1.91 bits per heavy atom. The van der Waals surface area contributed by atoms with Crippen LogP contribution in [-0.2, 0) is 10.9 Å². The predicted octanol–water partition coefficient (Wildman–Crippen LogP) is 6.17. The third kappa shape index (κ3) is 4.14. The predicted molar refractivity (Wildman–Crippen MR) is 116 cm³/mol. The lowest BCUT2D eigenvalue weighted by Crippen LogP contribution is -2.30. The van der Waals surface area contributed by atoms with E-state index >= 15 is 0 Å². The van der Waals surface area contributed by atoms with Crippen LogP contribution in [0.3, 0.4) is 0 Å². The third-order valence-electron chi connectivity index (χ3n) is 5.44. The number of benzene rings is 2. The van der Waals surface area contributed by atoms with E-state index in [1.54, 1.807) is 36.1 Å². The molecule has 0 spiro atoms. The number of alkyl halides is 3. The number of ether oxygens (including phenoxy) is 1. The van der Waals surface area contributed by atoms with E-state index in [-0.39, 0.29) is 22.9 Å². The zero-order chi connectivity index (χ0) is 23.0. The van der Waals surface area contributed by atoms with Crippen molar-refractivity contribution in [3.05, 3.63) is 71.2 Å². The third-order valence-corrected chi connectivity index (χ3v) is 6.21. The average molecular weight is 464 g/mol. The zero-order valence-corrected chi connectivity index (χ0v) is 18.1. The zero-order valence-electron chi connectivity index (χ0n) is 17.3. The number of nitrogens with one attached hydrogen (secondary N) is 1. The molecule has 2 heterocycles. The van der Waals surface area contributed by atoms with Crippen molar-refractivity contribution in [2.75, 3.05) is 24.8 Å². The Morgan fingerprint density at radius 3 is 2.50 bits per heavy atom. The van der Waals surface area contributed by atoms with Gasteiger partial charge in [0.05, 0.1) is 36.1 Å². The van der Waals surface area contributed by atoms with Gasteiger partial charge in [0.1, 0.15) is 5.82 Å². The minimum atomic E-state index is -4.55. The van der Waals surface area contributed by atoms with Crippen molar-refractivity contribution in [3.8, 4) is 11.3 Å². The van der Waals surface area contributed by atoms with Gasteiger partial charge in [0.15, 0.2) is 0 Å². The first kappa shape index (κ1) is 22.4. The van der Waals surface area contributed by atoms with Crippen LogP contribution in [0.5, 0.6) is 0 Å². The second-order valence-electron chi connectivity index (χ2n) is 7.46. The number of halogens is 4. The number of aromatic nitrogens is 1. The van der Waals surface area contributed by atoms with Gasteiger partial charge in [0.25, 0.3) is 5.91 Å². The van der Waals surface area contributed by atoms with Crippen LogP contribution < -0.4 is 5.32 Å². The van der Waals surface area contributed by atoms with Crippen molar-refractivity contribution in [1.82, 2.24) is 4.57 Å². The summed E-state index contributed by atoms with van der Waals surface area (Å²) in [5, 5.41) is 2.65. The largest absolute Gasteiger partial charge is 0.417 e. The molecule has 1 saturated heterocycles. The van der Waals surface area contributed by atoms with Crippen molar-refractivity contribution >= 4 is 23.4 Å². The summed E-state index contributed by atoms with van der Waals surface area (Å²) in [4.78, 5) is 13.4. The molecule has 0 atom stereocenters. The van der Waals surface area contributed by atoms with Gasteiger partial charge in [0, 0.05) is 22.3 Å². The van der Waals surface area contributed by atoms with E-state index in [1.807, 2.05) is 0 Å². The first-order valence-electron chi connectivity index (χ1n) is 9.81. The van der Waals surface area contributed by atoms with Gasteiger partial charge >= 0.3 is 6.18 Å². The summed E-state index contributed by atoms with van der Waals surface area (Å²) >= 11 is 1.25. The van der Waals surface area contributed by atoms with E-state index in [2.05, 4.69) is 5.32 Å². The van der Waals surface area contributed by atoms with Gasteiger partial charge in [-0.1, -0.05) is 18.2 Å². The molecule has 3 aromatic rings. The van der Waals surface area contributed by atoms with E-state index in [4.69, 9.17) is 4.74 Å². The number of carbonyl (C=O) groups excluding carboxylic acids is 1. The van der Waals surface area contributed by atoms with E-state index in [1.165, 1.54) is 36.0 Å². The van der Waals surface area contributed by atoms with Gasteiger partial charge < -0.3 is 14.6 Å². The van der Waals surface area contributed by atoms with Crippen LogP contribution in [0, 0.1) is 12.7 Å². The highest BCUT2D eigenvalue weighted by Gasteiger charge is 2.36. The molecule has 168 valence electrons. The molecule has 0 saturated carbocycles. The van der Waals surface area contributed by atoms with Crippen molar-refractivity contribution in [2.24, 2.45) is 0 Å². The van der Waals surface area contributed by atoms with Gasteiger partial charge in [-0.25, -0.2) is 4.39 Å². The average Bonchev–Trinajstić information content (AvgIpc) is 3.03. The molecule has 0 aliphatic carbocycles. The Kier molecular flexibility index (Phi) is 6.05. The lowest BCUT2D eigenvalue weighted by Gasteiger charge is -2.30. The second-order valence-corrected chi connectivity index (χ2v) is 8.31. The van der Waals surface area contributed by atoms with Crippen LogP contribution in [0.2, 0.25) is 0 Å². The lowest BCUT2D eigenvalue weighted by molar-refractivity contribution is -0.137. The normalized spacial score (nSPS) is 14.3. The molecular formula is C23H20F4N2O2S. The first-order valence-corrected chi connectivity index (χ1v) is 11.0. The number of rotatable bonds is 5. The van der Waals surface area contributed by atoms with Crippen molar-refractivity contribution < 1.29 is 27.1 Å². The Hall–Kier alpha value is -2.78. The Bertz CT molecular complexity index is 1170. The van der Waals surface area contributed by atoms with E-state index < -0.39 is 23.5 Å². The van der Waals surface area contributed by atoms with E-state index in [0.29, 0.717) is 29.4 Å².